The van der Waals surface area contributed by atoms with Crippen LogP contribution < -0.4 is 10.0 Å². The van der Waals surface area contributed by atoms with E-state index in [1.165, 1.54) is 48.5 Å². The Morgan fingerprint density at radius 1 is 1.20 bits per heavy atom. The van der Waals surface area contributed by atoms with Crippen LogP contribution in [0.15, 0.2) is 66.1 Å². The van der Waals surface area contributed by atoms with Gasteiger partial charge in [0.25, 0.3) is 11.8 Å². The molecule has 0 spiro atoms. The minimum atomic E-state index is -3.94. The zero-order chi connectivity index (χ0) is 22.1. The normalized spacial score (nSPS) is 16.6. The second-order valence-electron chi connectivity index (χ2n) is 6.55. The minimum Gasteiger partial charge on any atom is -0.322 e. The lowest BCUT2D eigenvalue weighted by Crippen LogP contribution is -2.45. The number of primary sulfonamides is 1. The monoisotopic (exact) mass is 431 g/mol. The number of carbonyl (C=O) groups excluding carboxylic acids is 3. The Bertz CT molecular complexity index is 1130. The number of nitrogens with zero attached hydrogens (tertiary/aromatic N) is 2. The molecule has 0 aromatic heterocycles. The molecule has 1 fully saturated rings. The predicted molar refractivity (Wildman–Crippen MR) is 106 cm³/mol. The van der Waals surface area contributed by atoms with Gasteiger partial charge in [-0.25, -0.2) is 22.8 Å². The van der Waals surface area contributed by atoms with Gasteiger partial charge in [-0.2, -0.15) is 0 Å². The van der Waals surface area contributed by atoms with Crippen LogP contribution in [0.2, 0.25) is 0 Å². The molecule has 1 heterocycles. The average molecular weight is 431 g/mol. The van der Waals surface area contributed by atoms with E-state index in [0.717, 1.165) is 15.9 Å². The number of nitrogens with two attached hydrogens (primary N) is 1. The van der Waals surface area contributed by atoms with Crippen molar-refractivity contribution in [2.75, 3.05) is 11.4 Å². The first kappa shape index (κ1) is 21.3. The molecule has 3 amide bonds. The van der Waals surface area contributed by atoms with E-state index in [9.17, 15) is 27.2 Å². The van der Waals surface area contributed by atoms with Crippen molar-refractivity contribution in [1.82, 2.24) is 4.90 Å². The van der Waals surface area contributed by atoms with E-state index in [2.05, 4.69) is 6.58 Å². The van der Waals surface area contributed by atoms with Gasteiger partial charge in [0.05, 0.1) is 22.6 Å². The van der Waals surface area contributed by atoms with E-state index < -0.39 is 39.6 Å². The molecule has 156 valence electrons. The summed E-state index contributed by atoms with van der Waals surface area (Å²) in [6, 6.07) is 9.07. The fourth-order valence-corrected chi connectivity index (χ4v) is 3.71. The molecule has 1 aliphatic rings. The van der Waals surface area contributed by atoms with Crippen LogP contribution in [0.3, 0.4) is 0 Å². The van der Waals surface area contributed by atoms with Crippen molar-refractivity contribution >= 4 is 33.4 Å². The Hall–Kier alpha value is -3.37. The number of benzene rings is 2. The first-order chi connectivity index (χ1) is 14.1. The highest BCUT2D eigenvalue weighted by Gasteiger charge is 2.44. The Morgan fingerprint density at radius 2 is 1.83 bits per heavy atom. The lowest BCUT2D eigenvalue weighted by atomic mass is 10.1. The Kier molecular flexibility index (Phi) is 5.81. The molecule has 2 N–H and O–H groups in total. The molecule has 30 heavy (non-hydrogen) atoms. The summed E-state index contributed by atoms with van der Waals surface area (Å²) in [5.74, 6) is -2.76. The average Bonchev–Trinajstić information content (AvgIpc) is 2.99. The quantitative estimate of drug-likeness (QED) is 0.548. The lowest BCUT2D eigenvalue weighted by Gasteiger charge is -2.26. The number of anilines is 1. The SMILES string of the molecule is C=CCN(C(=O)c1ccccc1F)C1CC(=O)N(c2ccc(S(N)(=O)=O)cc2)C1=O. The highest BCUT2D eigenvalue weighted by atomic mass is 32.2. The summed E-state index contributed by atoms with van der Waals surface area (Å²) in [6.07, 6.45) is 1.07. The van der Waals surface area contributed by atoms with Crippen LogP contribution in [0.5, 0.6) is 0 Å². The van der Waals surface area contributed by atoms with Crippen molar-refractivity contribution in [2.45, 2.75) is 17.4 Å². The van der Waals surface area contributed by atoms with E-state index in [-0.39, 0.29) is 29.1 Å². The summed E-state index contributed by atoms with van der Waals surface area (Å²) in [4.78, 5) is 40.2. The fourth-order valence-electron chi connectivity index (χ4n) is 3.20. The molecular formula is C20H18FN3O5S. The standard InChI is InChI=1S/C20H18FN3O5S/c1-2-11-23(19(26)15-5-3-4-6-16(15)21)17-12-18(25)24(20(17)27)13-7-9-14(10-8-13)30(22,28)29/h2-10,17H,1,11-12H2,(H2,22,28,29). The van der Waals surface area contributed by atoms with E-state index >= 15 is 0 Å². The van der Waals surface area contributed by atoms with Gasteiger partial charge < -0.3 is 4.90 Å². The van der Waals surface area contributed by atoms with Gasteiger partial charge in [-0.1, -0.05) is 18.2 Å². The van der Waals surface area contributed by atoms with Crippen LogP contribution in [0.1, 0.15) is 16.8 Å². The molecule has 1 saturated heterocycles. The first-order valence-corrected chi connectivity index (χ1v) is 10.4. The number of hydrogen-bond donors (Lipinski definition) is 1. The summed E-state index contributed by atoms with van der Waals surface area (Å²) in [5.41, 5.74) is -0.0904. The Labute approximate surface area is 172 Å². The van der Waals surface area contributed by atoms with Crippen LogP contribution in [0, 0.1) is 5.82 Å². The molecule has 0 aliphatic carbocycles. The lowest BCUT2D eigenvalue weighted by molar-refractivity contribution is -0.122. The highest BCUT2D eigenvalue weighted by Crippen LogP contribution is 2.27. The number of imide groups is 1. The summed E-state index contributed by atoms with van der Waals surface area (Å²) in [7, 11) is -3.94. The summed E-state index contributed by atoms with van der Waals surface area (Å²) >= 11 is 0. The maximum atomic E-state index is 14.1. The van der Waals surface area contributed by atoms with E-state index in [1.54, 1.807) is 0 Å². The highest BCUT2D eigenvalue weighted by molar-refractivity contribution is 7.89. The van der Waals surface area contributed by atoms with Crippen LogP contribution >= 0.6 is 0 Å². The van der Waals surface area contributed by atoms with Crippen LogP contribution in [0.25, 0.3) is 0 Å². The second-order valence-corrected chi connectivity index (χ2v) is 8.11. The zero-order valence-electron chi connectivity index (χ0n) is 15.7. The summed E-state index contributed by atoms with van der Waals surface area (Å²) in [5, 5.41) is 5.05. The van der Waals surface area contributed by atoms with E-state index in [1.807, 2.05) is 0 Å². The molecule has 1 atom stereocenters. The molecule has 0 saturated carbocycles. The molecule has 3 rings (SSSR count). The number of sulfonamides is 1. The Balaban J connectivity index is 1.92. The number of amides is 3. The molecule has 2 aromatic rings. The van der Waals surface area contributed by atoms with Gasteiger partial charge in [-0.3, -0.25) is 14.4 Å². The third-order valence-corrected chi connectivity index (χ3v) is 5.54. The van der Waals surface area contributed by atoms with Crippen molar-refractivity contribution in [3.63, 3.8) is 0 Å². The minimum absolute atomic E-state index is 0.0744. The second kappa shape index (κ2) is 8.17. The van der Waals surface area contributed by atoms with E-state index in [0.29, 0.717) is 0 Å². The van der Waals surface area contributed by atoms with Gasteiger partial charge in [-0.05, 0) is 36.4 Å². The molecular weight excluding hydrogens is 413 g/mol. The van der Waals surface area contributed by atoms with Gasteiger partial charge in [0.2, 0.25) is 15.9 Å². The molecule has 2 aromatic carbocycles. The summed E-state index contributed by atoms with van der Waals surface area (Å²) in [6.45, 7) is 3.48. The van der Waals surface area contributed by atoms with Gasteiger partial charge in [0, 0.05) is 6.54 Å². The number of hydrogen-bond acceptors (Lipinski definition) is 5. The van der Waals surface area contributed by atoms with Crippen molar-refractivity contribution in [3.8, 4) is 0 Å². The molecule has 10 heteroatoms. The smallest absolute Gasteiger partial charge is 0.257 e. The van der Waals surface area contributed by atoms with Crippen molar-refractivity contribution in [2.24, 2.45) is 5.14 Å². The third-order valence-electron chi connectivity index (χ3n) is 4.61. The van der Waals surface area contributed by atoms with Crippen LogP contribution in [-0.4, -0.2) is 43.6 Å². The number of halogens is 1. The number of carbonyl (C=O) groups is 3. The first-order valence-electron chi connectivity index (χ1n) is 8.81. The maximum absolute atomic E-state index is 14.1. The molecule has 0 bridgehead atoms. The zero-order valence-corrected chi connectivity index (χ0v) is 16.5. The maximum Gasteiger partial charge on any atom is 0.257 e. The topological polar surface area (TPSA) is 118 Å². The largest absolute Gasteiger partial charge is 0.322 e. The van der Waals surface area contributed by atoms with Gasteiger partial charge in [-0.15, -0.1) is 6.58 Å². The molecule has 1 unspecified atom stereocenters. The molecule has 0 radical (unpaired) electrons. The predicted octanol–water partition coefficient (Wildman–Crippen LogP) is 1.43. The Morgan fingerprint density at radius 3 is 2.40 bits per heavy atom. The molecule has 8 nitrogen and oxygen atoms in total. The van der Waals surface area contributed by atoms with E-state index in [4.69, 9.17) is 5.14 Å². The van der Waals surface area contributed by atoms with Crippen molar-refractivity contribution in [3.05, 3.63) is 72.6 Å². The summed E-state index contributed by atoms with van der Waals surface area (Å²) < 4.78 is 36.9. The van der Waals surface area contributed by atoms with Crippen LogP contribution in [0.4, 0.5) is 10.1 Å². The van der Waals surface area contributed by atoms with Crippen molar-refractivity contribution in [1.29, 1.82) is 0 Å². The van der Waals surface area contributed by atoms with Gasteiger partial charge in [0.15, 0.2) is 0 Å². The van der Waals surface area contributed by atoms with Crippen molar-refractivity contribution < 1.29 is 27.2 Å². The van der Waals surface area contributed by atoms with Gasteiger partial charge in [0.1, 0.15) is 11.9 Å². The number of rotatable bonds is 6. The molecule has 1 aliphatic heterocycles. The van der Waals surface area contributed by atoms with Gasteiger partial charge >= 0.3 is 0 Å². The van der Waals surface area contributed by atoms with Crippen LogP contribution in [-0.2, 0) is 19.6 Å². The third kappa shape index (κ3) is 4.00. The fraction of sp³-hybridized carbons (Fsp3) is 0.150.